The van der Waals surface area contributed by atoms with Crippen LogP contribution < -0.4 is 10.6 Å². The molecule has 0 fully saturated rings. The van der Waals surface area contributed by atoms with E-state index in [1.165, 1.54) is 0 Å². The smallest absolute Gasteiger partial charge is 0.407 e. The lowest BCUT2D eigenvalue weighted by atomic mass is 9.97. The fourth-order valence-electron chi connectivity index (χ4n) is 2.69. The van der Waals surface area contributed by atoms with E-state index in [-0.39, 0.29) is 18.5 Å². The molecule has 0 spiro atoms. The largest absolute Gasteiger partial charge is 0.444 e. The van der Waals surface area contributed by atoms with Gasteiger partial charge in [-0.3, -0.25) is 4.79 Å². The van der Waals surface area contributed by atoms with Gasteiger partial charge in [-0.2, -0.15) is 0 Å². The Morgan fingerprint density at radius 1 is 0.926 bits per heavy atom. The van der Waals surface area contributed by atoms with Gasteiger partial charge >= 0.3 is 6.09 Å². The number of ether oxygens (including phenoxy) is 1. The van der Waals surface area contributed by atoms with E-state index in [1.54, 1.807) is 20.8 Å². The van der Waals surface area contributed by atoms with Crippen LogP contribution >= 0.6 is 0 Å². The fraction of sp³-hybridized carbons (Fsp3) is 0.364. The summed E-state index contributed by atoms with van der Waals surface area (Å²) in [5, 5.41) is 5.75. The fourth-order valence-corrected chi connectivity index (χ4v) is 2.69. The van der Waals surface area contributed by atoms with Gasteiger partial charge in [0.15, 0.2) is 0 Å². The molecule has 0 heterocycles. The molecule has 0 aliphatic rings. The van der Waals surface area contributed by atoms with E-state index >= 15 is 0 Å². The van der Waals surface area contributed by atoms with Crippen LogP contribution in [0.4, 0.5) is 4.79 Å². The van der Waals surface area contributed by atoms with Gasteiger partial charge in [-0.05, 0) is 38.8 Å². The molecule has 2 rings (SSSR count). The zero-order chi connectivity index (χ0) is 19.9. The summed E-state index contributed by atoms with van der Waals surface area (Å²) in [7, 11) is 0. The third kappa shape index (κ3) is 6.77. The molecule has 0 saturated carbocycles. The lowest BCUT2D eigenvalue weighted by molar-refractivity contribution is -0.123. The molecule has 2 amide bonds. The molecule has 27 heavy (non-hydrogen) atoms. The number of benzene rings is 2. The predicted octanol–water partition coefficient (Wildman–Crippen LogP) is 4.17. The molecule has 2 atom stereocenters. The van der Waals surface area contributed by atoms with Crippen molar-refractivity contribution in [2.75, 3.05) is 6.54 Å². The number of hydrogen-bond acceptors (Lipinski definition) is 3. The Bertz CT molecular complexity index is 739. The van der Waals surface area contributed by atoms with Crippen molar-refractivity contribution in [2.45, 2.75) is 45.3 Å². The highest BCUT2D eigenvalue weighted by atomic mass is 16.6. The van der Waals surface area contributed by atoms with Crippen LogP contribution in [0.15, 0.2) is 60.7 Å². The van der Waals surface area contributed by atoms with E-state index < -0.39 is 17.6 Å². The normalized spacial score (nSPS) is 13.3. The average molecular weight is 368 g/mol. The van der Waals surface area contributed by atoms with Gasteiger partial charge in [-0.25, -0.2) is 4.79 Å². The third-order valence-electron chi connectivity index (χ3n) is 4.03. The summed E-state index contributed by atoms with van der Waals surface area (Å²) in [6.45, 7) is 7.50. The van der Waals surface area contributed by atoms with E-state index in [0.717, 1.165) is 11.1 Å². The predicted molar refractivity (Wildman–Crippen MR) is 106 cm³/mol. The number of nitrogens with one attached hydrogen (secondary N) is 2. The van der Waals surface area contributed by atoms with Crippen LogP contribution in [0.5, 0.6) is 0 Å². The molecule has 2 aromatic carbocycles. The van der Waals surface area contributed by atoms with Crippen LogP contribution in [0, 0.1) is 0 Å². The van der Waals surface area contributed by atoms with Crippen LogP contribution in [0.2, 0.25) is 0 Å². The number of alkyl carbamates (subject to hydrolysis) is 1. The van der Waals surface area contributed by atoms with Gasteiger partial charge in [0.25, 0.3) is 0 Å². The highest BCUT2D eigenvalue weighted by Gasteiger charge is 2.24. The Balaban J connectivity index is 2.08. The molecule has 5 nitrogen and oxygen atoms in total. The number of amides is 2. The first-order chi connectivity index (χ1) is 12.8. The van der Waals surface area contributed by atoms with Gasteiger partial charge in [0.1, 0.15) is 5.60 Å². The van der Waals surface area contributed by atoms with Crippen LogP contribution in [0.1, 0.15) is 50.8 Å². The zero-order valence-electron chi connectivity index (χ0n) is 16.4. The van der Waals surface area contributed by atoms with Crippen LogP contribution in [-0.2, 0) is 9.53 Å². The topological polar surface area (TPSA) is 67.4 Å². The van der Waals surface area contributed by atoms with E-state index in [4.69, 9.17) is 4.74 Å². The van der Waals surface area contributed by atoms with Crippen molar-refractivity contribution in [2.24, 2.45) is 0 Å². The Morgan fingerprint density at radius 2 is 1.44 bits per heavy atom. The van der Waals surface area contributed by atoms with Crippen molar-refractivity contribution < 1.29 is 14.3 Å². The summed E-state index contributed by atoms with van der Waals surface area (Å²) < 4.78 is 5.27. The molecular weight excluding hydrogens is 340 g/mol. The standard InChI is InChI=1S/C22H28N2O3/c1-16(17-11-7-5-8-12-17)24-20(25)19(18-13-9-6-10-14-18)15-23-21(26)27-22(2,3)4/h5-14,16,19H,15H2,1-4H3,(H,23,26)(H,24,25). The Hall–Kier alpha value is -2.82. The molecule has 0 aliphatic carbocycles. The van der Waals surface area contributed by atoms with Crippen molar-refractivity contribution in [3.8, 4) is 0 Å². The molecule has 0 aromatic heterocycles. The van der Waals surface area contributed by atoms with Crippen LogP contribution in [0.3, 0.4) is 0 Å². The molecule has 0 bridgehead atoms. The Labute approximate surface area is 161 Å². The van der Waals surface area contributed by atoms with Gasteiger partial charge in [0.05, 0.1) is 12.0 Å². The van der Waals surface area contributed by atoms with Gasteiger partial charge in [0.2, 0.25) is 5.91 Å². The summed E-state index contributed by atoms with van der Waals surface area (Å²) in [5.74, 6) is -0.654. The molecule has 0 radical (unpaired) electrons. The van der Waals surface area contributed by atoms with Crippen LogP contribution in [-0.4, -0.2) is 24.1 Å². The summed E-state index contributed by atoms with van der Waals surface area (Å²) in [4.78, 5) is 24.9. The first-order valence-corrected chi connectivity index (χ1v) is 9.13. The molecule has 2 unspecified atom stereocenters. The molecule has 5 heteroatoms. The second-order valence-electron chi connectivity index (χ2n) is 7.49. The molecule has 2 aromatic rings. The average Bonchev–Trinajstić information content (AvgIpc) is 2.62. The number of carbonyl (C=O) groups excluding carboxylic acids is 2. The second kappa shape index (κ2) is 9.21. The third-order valence-corrected chi connectivity index (χ3v) is 4.03. The van der Waals surface area contributed by atoms with E-state index in [1.807, 2.05) is 67.6 Å². The molecule has 144 valence electrons. The summed E-state index contributed by atoms with van der Waals surface area (Å²) >= 11 is 0. The SMILES string of the molecule is CC(NC(=O)C(CNC(=O)OC(C)(C)C)c1ccccc1)c1ccccc1. The molecule has 0 aliphatic heterocycles. The van der Waals surface area contributed by atoms with Crippen molar-refractivity contribution in [3.63, 3.8) is 0 Å². The van der Waals surface area contributed by atoms with Crippen molar-refractivity contribution in [3.05, 3.63) is 71.8 Å². The van der Waals surface area contributed by atoms with Crippen molar-refractivity contribution >= 4 is 12.0 Å². The molecule has 0 saturated heterocycles. The summed E-state index contributed by atoms with van der Waals surface area (Å²) in [6, 6.07) is 19.1. The monoisotopic (exact) mass is 368 g/mol. The second-order valence-corrected chi connectivity index (χ2v) is 7.49. The molecule has 2 N–H and O–H groups in total. The number of rotatable bonds is 6. The van der Waals surface area contributed by atoms with Gasteiger partial charge in [0, 0.05) is 6.54 Å². The Morgan fingerprint density at radius 3 is 1.96 bits per heavy atom. The maximum Gasteiger partial charge on any atom is 0.407 e. The van der Waals surface area contributed by atoms with Gasteiger partial charge < -0.3 is 15.4 Å². The number of hydrogen-bond donors (Lipinski definition) is 2. The lowest BCUT2D eigenvalue weighted by Crippen LogP contribution is -2.40. The van der Waals surface area contributed by atoms with E-state index in [0.29, 0.717) is 0 Å². The highest BCUT2D eigenvalue weighted by Crippen LogP contribution is 2.18. The minimum absolute atomic E-state index is 0.133. The minimum atomic E-state index is -0.587. The lowest BCUT2D eigenvalue weighted by Gasteiger charge is -2.23. The van der Waals surface area contributed by atoms with Crippen molar-refractivity contribution in [1.29, 1.82) is 0 Å². The quantitative estimate of drug-likeness (QED) is 0.804. The van der Waals surface area contributed by atoms with Gasteiger partial charge in [-0.15, -0.1) is 0 Å². The first kappa shape index (κ1) is 20.5. The summed E-state index contributed by atoms with van der Waals surface area (Å²) in [6.07, 6.45) is -0.535. The van der Waals surface area contributed by atoms with E-state index in [2.05, 4.69) is 10.6 Å². The Kier molecular flexibility index (Phi) is 6.99. The summed E-state index contributed by atoms with van der Waals surface area (Å²) in [5.41, 5.74) is 1.28. The highest BCUT2D eigenvalue weighted by molar-refractivity contribution is 5.85. The number of carbonyl (C=O) groups is 2. The first-order valence-electron chi connectivity index (χ1n) is 9.13. The maximum absolute atomic E-state index is 12.9. The minimum Gasteiger partial charge on any atom is -0.444 e. The zero-order valence-corrected chi connectivity index (χ0v) is 16.4. The van der Waals surface area contributed by atoms with Crippen LogP contribution in [0.25, 0.3) is 0 Å². The molecular formula is C22H28N2O3. The van der Waals surface area contributed by atoms with E-state index in [9.17, 15) is 9.59 Å². The maximum atomic E-state index is 12.9. The van der Waals surface area contributed by atoms with Crippen molar-refractivity contribution in [1.82, 2.24) is 10.6 Å². The van der Waals surface area contributed by atoms with Gasteiger partial charge in [-0.1, -0.05) is 60.7 Å².